The van der Waals surface area contributed by atoms with Gasteiger partial charge in [0.1, 0.15) is 4.33 Å². The second-order valence-corrected chi connectivity index (χ2v) is 3.79. The third kappa shape index (κ3) is 1.25. The Labute approximate surface area is 67.5 Å². The molecule has 0 saturated heterocycles. The Morgan fingerprint density at radius 3 is 2.00 bits per heavy atom. The van der Waals surface area contributed by atoms with E-state index in [1.807, 2.05) is 0 Å². The van der Waals surface area contributed by atoms with Crippen LogP contribution in [0.15, 0.2) is 0 Å². The molecule has 0 radical (unpaired) electrons. The molecule has 10 heavy (non-hydrogen) atoms. The van der Waals surface area contributed by atoms with E-state index in [0.717, 1.165) is 0 Å². The van der Waals surface area contributed by atoms with Crippen LogP contribution in [0.1, 0.15) is 6.42 Å². The summed E-state index contributed by atoms with van der Waals surface area (Å²) in [6.45, 7) is 0. The third-order valence-electron chi connectivity index (χ3n) is 1.39. The fraction of sp³-hybridized carbons (Fsp3) is 0.600. The Morgan fingerprint density at radius 2 is 1.90 bits per heavy atom. The number of nitrogens with two attached hydrogens (primary N) is 1. The smallest absolute Gasteiger partial charge is 0.285 e. The highest BCUT2D eigenvalue weighted by molar-refractivity contribution is 6.55. The van der Waals surface area contributed by atoms with Crippen molar-refractivity contribution < 1.29 is 9.59 Å². The van der Waals surface area contributed by atoms with E-state index >= 15 is 0 Å². The molecule has 5 heteroatoms. The van der Waals surface area contributed by atoms with E-state index in [-0.39, 0.29) is 0 Å². The van der Waals surface area contributed by atoms with Crippen molar-refractivity contribution >= 4 is 34.9 Å². The summed E-state index contributed by atoms with van der Waals surface area (Å²) in [6.07, 6.45) is 0.331. The topological polar surface area (TPSA) is 60.2 Å². The van der Waals surface area contributed by atoms with Crippen molar-refractivity contribution in [2.24, 2.45) is 11.7 Å². The molecule has 1 aliphatic rings. The maximum Gasteiger partial charge on any atom is 0.285 e. The molecule has 1 fully saturated rings. The minimum atomic E-state index is -1.04. The van der Waals surface area contributed by atoms with Gasteiger partial charge in [-0.2, -0.15) is 0 Å². The van der Waals surface area contributed by atoms with Crippen LogP contribution in [0.4, 0.5) is 0 Å². The third-order valence-corrected chi connectivity index (χ3v) is 2.22. The number of hydrogen-bond acceptors (Lipinski definition) is 2. The predicted octanol–water partition coefficient (Wildman–Crippen LogP) is 0.235. The van der Waals surface area contributed by atoms with E-state index in [9.17, 15) is 9.59 Å². The normalized spacial score (nSPS) is 27.6. The number of hydrogen-bond donors (Lipinski definition) is 1. The van der Waals surface area contributed by atoms with Gasteiger partial charge in [-0.05, 0) is 6.42 Å². The molecule has 0 aromatic rings. The Balaban J connectivity index is 2.56. The summed E-state index contributed by atoms with van der Waals surface area (Å²) >= 11 is 11.0. The van der Waals surface area contributed by atoms with Crippen molar-refractivity contribution in [2.75, 3.05) is 0 Å². The van der Waals surface area contributed by atoms with Gasteiger partial charge in [0.25, 0.3) is 5.91 Å². The molecule has 3 nitrogen and oxygen atoms in total. The quantitative estimate of drug-likeness (QED) is 0.490. The second-order valence-electron chi connectivity index (χ2n) is 2.25. The van der Waals surface area contributed by atoms with E-state index in [2.05, 4.69) is 0 Å². The Kier molecular flexibility index (Phi) is 1.65. The first-order valence-corrected chi connectivity index (χ1v) is 3.42. The van der Waals surface area contributed by atoms with Crippen molar-refractivity contribution in [3.63, 3.8) is 0 Å². The fourth-order valence-corrected chi connectivity index (χ4v) is 1.18. The van der Waals surface area contributed by atoms with Gasteiger partial charge in [-0.1, -0.05) is 0 Å². The number of halogens is 2. The molecule has 0 bridgehead atoms. The molecule has 1 unspecified atom stereocenters. The zero-order chi connectivity index (χ0) is 7.94. The van der Waals surface area contributed by atoms with Crippen LogP contribution < -0.4 is 5.73 Å². The van der Waals surface area contributed by atoms with E-state index in [1.54, 1.807) is 0 Å². The molecule has 0 spiro atoms. The highest BCUT2D eigenvalue weighted by atomic mass is 35.5. The average molecular weight is 182 g/mol. The summed E-state index contributed by atoms with van der Waals surface area (Å²) < 4.78 is -1.04. The van der Waals surface area contributed by atoms with Gasteiger partial charge >= 0.3 is 0 Å². The summed E-state index contributed by atoms with van der Waals surface area (Å²) in [5.74, 6) is -2.22. The summed E-state index contributed by atoms with van der Waals surface area (Å²) in [6, 6.07) is 0. The number of alkyl halides is 2. The number of carbonyl (C=O) groups is 2. The van der Waals surface area contributed by atoms with Gasteiger partial charge in [-0.25, -0.2) is 0 Å². The lowest BCUT2D eigenvalue weighted by atomic mass is 10.2. The highest BCUT2D eigenvalue weighted by Gasteiger charge is 2.57. The summed E-state index contributed by atoms with van der Waals surface area (Å²) in [5, 5.41) is 0. The van der Waals surface area contributed by atoms with Crippen molar-refractivity contribution in [2.45, 2.75) is 10.8 Å². The second kappa shape index (κ2) is 2.10. The monoisotopic (exact) mass is 181 g/mol. The van der Waals surface area contributed by atoms with Crippen molar-refractivity contribution in [3.8, 4) is 0 Å². The van der Waals surface area contributed by atoms with E-state index in [4.69, 9.17) is 28.9 Å². The van der Waals surface area contributed by atoms with Crippen LogP contribution in [-0.2, 0) is 9.59 Å². The predicted molar refractivity (Wildman–Crippen MR) is 36.7 cm³/mol. The van der Waals surface area contributed by atoms with Gasteiger partial charge in [-0.3, -0.25) is 9.59 Å². The lowest BCUT2D eigenvalue weighted by Gasteiger charge is -1.92. The first kappa shape index (κ1) is 7.82. The Morgan fingerprint density at radius 1 is 1.50 bits per heavy atom. The number of Topliss-reactive ketones (excluding diaryl/α,β-unsaturated/α-hetero) is 1. The molecule has 0 aromatic carbocycles. The molecule has 0 heterocycles. The molecule has 1 atom stereocenters. The molecule has 1 amide bonds. The molecular weight excluding hydrogens is 177 g/mol. The van der Waals surface area contributed by atoms with Gasteiger partial charge < -0.3 is 5.73 Å². The number of ketones is 1. The number of amides is 1. The fourth-order valence-electron chi connectivity index (χ4n) is 0.669. The molecule has 1 saturated carbocycles. The van der Waals surface area contributed by atoms with Gasteiger partial charge in [0, 0.05) is 0 Å². The van der Waals surface area contributed by atoms with Gasteiger partial charge in [0.2, 0.25) is 5.78 Å². The van der Waals surface area contributed by atoms with E-state index in [0.29, 0.717) is 6.42 Å². The van der Waals surface area contributed by atoms with Gasteiger partial charge in [0.15, 0.2) is 0 Å². The number of carbonyl (C=O) groups excluding carboxylic acids is 2. The van der Waals surface area contributed by atoms with E-state index < -0.39 is 21.9 Å². The molecular formula is C5H5Cl2NO2. The van der Waals surface area contributed by atoms with Crippen LogP contribution in [0.3, 0.4) is 0 Å². The average Bonchev–Trinajstić information content (AvgIpc) is 2.38. The van der Waals surface area contributed by atoms with Crippen molar-refractivity contribution in [1.82, 2.24) is 0 Å². The van der Waals surface area contributed by atoms with Gasteiger partial charge in [0.05, 0.1) is 5.92 Å². The lowest BCUT2D eigenvalue weighted by Crippen LogP contribution is -2.26. The summed E-state index contributed by atoms with van der Waals surface area (Å²) in [7, 11) is 0. The Bertz CT molecular complexity index is 202. The van der Waals surface area contributed by atoms with Crippen LogP contribution in [0.2, 0.25) is 0 Å². The maximum absolute atomic E-state index is 10.7. The van der Waals surface area contributed by atoms with Crippen molar-refractivity contribution in [3.05, 3.63) is 0 Å². The van der Waals surface area contributed by atoms with Gasteiger partial charge in [-0.15, -0.1) is 23.2 Å². The maximum atomic E-state index is 10.7. The molecule has 1 rings (SSSR count). The Hall–Kier alpha value is -0.280. The van der Waals surface area contributed by atoms with Crippen molar-refractivity contribution in [1.29, 1.82) is 0 Å². The molecule has 1 aliphatic carbocycles. The number of rotatable bonds is 2. The molecule has 0 aliphatic heterocycles. The first-order valence-electron chi connectivity index (χ1n) is 2.66. The highest BCUT2D eigenvalue weighted by Crippen LogP contribution is 2.53. The SMILES string of the molecule is NC(=O)C(=O)C1CC1(Cl)Cl. The summed E-state index contributed by atoms with van der Waals surface area (Å²) in [5.41, 5.74) is 4.69. The molecule has 0 aromatic heterocycles. The standard InChI is InChI=1S/C5H5Cl2NO2/c6-5(7)1-2(5)3(9)4(8)10/h2H,1H2,(H2,8,10). The van der Waals surface area contributed by atoms with Crippen LogP contribution in [0.25, 0.3) is 0 Å². The molecule has 2 N–H and O–H groups in total. The first-order chi connectivity index (χ1) is 4.45. The van der Waals surface area contributed by atoms with Crippen LogP contribution in [0, 0.1) is 5.92 Å². The largest absolute Gasteiger partial charge is 0.363 e. The van der Waals surface area contributed by atoms with Crippen LogP contribution in [-0.4, -0.2) is 16.0 Å². The summed E-state index contributed by atoms with van der Waals surface area (Å²) in [4.78, 5) is 20.9. The van der Waals surface area contributed by atoms with Crippen LogP contribution >= 0.6 is 23.2 Å². The minimum absolute atomic E-state index is 0.331. The molecule has 56 valence electrons. The minimum Gasteiger partial charge on any atom is -0.363 e. The lowest BCUT2D eigenvalue weighted by molar-refractivity contribution is -0.136. The van der Waals surface area contributed by atoms with Crippen LogP contribution in [0.5, 0.6) is 0 Å². The zero-order valence-corrected chi connectivity index (χ0v) is 6.45. The number of primary amides is 1. The zero-order valence-electron chi connectivity index (χ0n) is 4.93. The van der Waals surface area contributed by atoms with E-state index in [1.165, 1.54) is 0 Å².